The summed E-state index contributed by atoms with van der Waals surface area (Å²) in [5.74, 6) is -0.318. The van der Waals surface area contributed by atoms with Crippen molar-refractivity contribution in [3.05, 3.63) is 115 Å². The molecule has 0 unspecified atom stereocenters. The van der Waals surface area contributed by atoms with Crippen LogP contribution in [0.2, 0.25) is 0 Å². The van der Waals surface area contributed by atoms with Gasteiger partial charge in [0.05, 0.1) is 16.3 Å². The number of nitrogens with two attached hydrogens (primary N) is 1. The van der Waals surface area contributed by atoms with Crippen LogP contribution < -0.4 is 15.8 Å². The van der Waals surface area contributed by atoms with E-state index in [1.54, 1.807) is 78.9 Å². The Morgan fingerprint density at radius 3 is 2.03 bits per heavy atom. The van der Waals surface area contributed by atoms with E-state index >= 15 is 0 Å². The second-order valence-corrected chi connectivity index (χ2v) is 9.21. The quantitative estimate of drug-likeness (QED) is 0.250. The number of nitrogens with one attached hydrogen (secondary N) is 2. The number of benzene rings is 4. The van der Waals surface area contributed by atoms with Gasteiger partial charge in [0.2, 0.25) is 5.91 Å². The highest BCUT2D eigenvalue weighted by molar-refractivity contribution is 7.92. The van der Waals surface area contributed by atoms with Crippen molar-refractivity contribution in [1.29, 1.82) is 0 Å². The van der Waals surface area contributed by atoms with Gasteiger partial charge in [0, 0.05) is 11.8 Å². The molecule has 4 aromatic rings. The number of para-hydroxylation sites is 2. The first-order chi connectivity index (χ1) is 16.4. The van der Waals surface area contributed by atoms with E-state index in [0.717, 1.165) is 16.7 Å². The highest BCUT2D eigenvalue weighted by atomic mass is 32.2. The lowest BCUT2D eigenvalue weighted by Gasteiger charge is -2.09. The molecule has 6 nitrogen and oxygen atoms in total. The Morgan fingerprint density at radius 2 is 1.35 bits per heavy atom. The largest absolute Gasteiger partial charge is 0.397 e. The Kier molecular flexibility index (Phi) is 6.75. The molecule has 0 saturated carbocycles. The number of hydrogen-bond acceptors (Lipinski definition) is 4. The molecule has 34 heavy (non-hydrogen) atoms. The maximum absolute atomic E-state index is 12.8. The van der Waals surface area contributed by atoms with E-state index in [1.807, 2.05) is 30.3 Å². The van der Waals surface area contributed by atoms with Gasteiger partial charge in [0.15, 0.2) is 0 Å². The minimum Gasteiger partial charge on any atom is -0.397 e. The van der Waals surface area contributed by atoms with Gasteiger partial charge >= 0.3 is 0 Å². The second kappa shape index (κ2) is 10.1. The van der Waals surface area contributed by atoms with Crippen LogP contribution in [-0.4, -0.2) is 14.3 Å². The third kappa shape index (κ3) is 5.70. The van der Waals surface area contributed by atoms with Crippen molar-refractivity contribution in [1.82, 2.24) is 0 Å². The zero-order valence-electron chi connectivity index (χ0n) is 18.2. The number of amides is 1. The van der Waals surface area contributed by atoms with Crippen molar-refractivity contribution >= 4 is 39.1 Å². The van der Waals surface area contributed by atoms with E-state index in [-0.39, 0.29) is 10.8 Å². The van der Waals surface area contributed by atoms with Gasteiger partial charge in [-0.15, -0.1) is 0 Å². The minimum absolute atomic E-state index is 0.174. The van der Waals surface area contributed by atoms with E-state index < -0.39 is 10.0 Å². The first-order valence-electron chi connectivity index (χ1n) is 10.5. The number of anilines is 3. The average molecular weight is 470 g/mol. The summed E-state index contributed by atoms with van der Waals surface area (Å²) in [6.07, 6.45) is 3.02. The summed E-state index contributed by atoms with van der Waals surface area (Å²) in [5.41, 5.74) is 9.97. The molecule has 0 aliphatic heterocycles. The zero-order valence-corrected chi connectivity index (χ0v) is 19.0. The van der Waals surface area contributed by atoms with Crippen molar-refractivity contribution in [3.63, 3.8) is 0 Å². The third-order valence-electron chi connectivity index (χ3n) is 5.08. The molecule has 7 heteroatoms. The lowest BCUT2D eigenvalue weighted by atomic mass is 10.1. The Labute approximate surface area is 198 Å². The number of rotatable bonds is 7. The summed E-state index contributed by atoms with van der Waals surface area (Å²) in [4.78, 5) is 12.3. The number of hydrogen-bond donors (Lipinski definition) is 3. The van der Waals surface area contributed by atoms with Gasteiger partial charge in [0.1, 0.15) is 0 Å². The lowest BCUT2D eigenvalue weighted by Crippen LogP contribution is -2.12. The van der Waals surface area contributed by atoms with Crippen LogP contribution in [0.15, 0.2) is 114 Å². The SMILES string of the molecule is Nc1ccccc1NC(=O)C=Cc1ccc(NS(=O)(=O)c2ccc(-c3ccccc3)cc2)cc1. The molecule has 4 N–H and O–H groups in total. The van der Waals surface area contributed by atoms with Gasteiger partial charge in [-0.1, -0.05) is 66.7 Å². The fourth-order valence-corrected chi connectivity index (χ4v) is 4.35. The Morgan fingerprint density at radius 1 is 0.735 bits per heavy atom. The molecule has 0 aliphatic rings. The topological polar surface area (TPSA) is 101 Å². The van der Waals surface area contributed by atoms with Crippen LogP contribution in [0.3, 0.4) is 0 Å². The molecule has 1 amide bonds. The van der Waals surface area contributed by atoms with Crippen LogP contribution in [0, 0.1) is 0 Å². The van der Waals surface area contributed by atoms with Crippen LogP contribution in [0.1, 0.15) is 5.56 Å². The van der Waals surface area contributed by atoms with Crippen LogP contribution in [0.25, 0.3) is 17.2 Å². The lowest BCUT2D eigenvalue weighted by molar-refractivity contribution is -0.111. The summed E-state index contributed by atoms with van der Waals surface area (Å²) in [5, 5.41) is 2.71. The maximum atomic E-state index is 12.8. The Balaban J connectivity index is 1.39. The second-order valence-electron chi connectivity index (χ2n) is 7.53. The Bertz CT molecular complexity index is 1410. The van der Waals surface area contributed by atoms with Gasteiger partial charge < -0.3 is 11.1 Å². The Hall–Kier alpha value is -4.36. The van der Waals surface area contributed by atoms with E-state index in [9.17, 15) is 13.2 Å². The maximum Gasteiger partial charge on any atom is 0.261 e. The monoisotopic (exact) mass is 469 g/mol. The molecule has 0 saturated heterocycles. The van der Waals surface area contributed by atoms with E-state index in [1.165, 1.54) is 6.08 Å². The molecule has 170 valence electrons. The normalized spacial score (nSPS) is 11.3. The smallest absolute Gasteiger partial charge is 0.261 e. The molecule has 0 heterocycles. The van der Waals surface area contributed by atoms with Gasteiger partial charge in [-0.3, -0.25) is 9.52 Å². The number of carbonyl (C=O) groups excluding carboxylic acids is 1. The predicted molar refractivity (Wildman–Crippen MR) is 138 cm³/mol. The van der Waals surface area contributed by atoms with Gasteiger partial charge in [-0.05, 0) is 59.2 Å². The average Bonchev–Trinajstić information content (AvgIpc) is 2.85. The van der Waals surface area contributed by atoms with Gasteiger partial charge in [-0.25, -0.2) is 8.42 Å². The molecular weight excluding hydrogens is 446 g/mol. The van der Waals surface area contributed by atoms with Gasteiger partial charge in [-0.2, -0.15) is 0 Å². The van der Waals surface area contributed by atoms with Crippen molar-refractivity contribution in [3.8, 4) is 11.1 Å². The highest BCUT2D eigenvalue weighted by Gasteiger charge is 2.14. The summed E-state index contributed by atoms with van der Waals surface area (Å²) in [6, 6.07) is 30.2. The first-order valence-corrected chi connectivity index (χ1v) is 12.0. The number of carbonyl (C=O) groups is 1. The molecule has 0 atom stereocenters. The van der Waals surface area contributed by atoms with Crippen molar-refractivity contribution in [2.75, 3.05) is 15.8 Å². The fourth-order valence-electron chi connectivity index (χ4n) is 3.29. The van der Waals surface area contributed by atoms with E-state index in [2.05, 4.69) is 10.0 Å². The van der Waals surface area contributed by atoms with Crippen molar-refractivity contribution in [2.24, 2.45) is 0 Å². The van der Waals surface area contributed by atoms with Crippen molar-refractivity contribution < 1.29 is 13.2 Å². The molecule has 0 fully saturated rings. The number of nitrogen functional groups attached to an aromatic ring is 1. The predicted octanol–water partition coefficient (Wildman–Crippen LogP) is 5.39. The van der Waals surface area contributed by atoms with Crippen LogP contribution in [0.4, 0.5) is 17.1 Å². The van der Waals surface area contributed by atoms with Crippen LogP contribution >= 0.6 is 0 Å². The molecule has 0 aromatic heterocycles. The van der Waals surface area contributed by atoms with Gasteiger partial charge in [0.25, 0.3) is 10.0 Å². The summed E-state index contributed by atoms with van der Waals surface area (Å²) >= 11 is 0. The summed E-state index contributed by atoms with van der Waals surface area (Å²) < 4.78 is 28.1. The van der Waals surface area contributed by atoms with Crippen LogP contribution in [0.5, 0.6) is 0 Å². The van der Waals surface area contributed by atoms with Crippen molar-refractivity contribution in [2.45, 2.75) is 4.90 Å². The molecule has 0 radical (unpaired) electrons. The fraction of sp³-hybridized carbons (Fsp3) is 0. The molecular formula is C27H23N3O3S. The standard InChI is InChI=1S/C27H23N3O3S/c28-25-8-4-5-9-26(25)29-27(31)19-12-20-10-15-23(16-11-20)30-34(32,33)24-17-13-22(14-18-24)21-6-2-1-3-7-21/h1-19,30H,28H2,(H,29,31). The molecule has 0 spiro atoms. The summed E-state index contributed by atoms with van der Waals surface area (Å²) in [6.45, 7) is 0. The van der Waals surface area contributed by atoms with E-state index in [0.29, 0.717) is 17.1 Å². The molecule has 0 aliphatic carbocycles. The van der Waals surface area contributed by atoms with E-state index in [4.69, 9.17) is 5.73 Å². The van der Waals surface area contributed by atoms with Crippen LogP contribution in [-0.2, 0) is 14.8 Å². The molecule has 4 aromatic carbocycles. The first kappa shape index (κ1) is 22.8. The minimum atomic E-state index is -3.73. The third-order valence-corrected chi connectivity index (χ3v) is 6.48. The molecule has 0 bridgehead atoms. The zero-order chi connectivity index (χ0) is 24.0. The molecule has 4 rings (SSSR count). The summed E-state index contributed by atoms with van der Waals surface area (Å²) in [7, 11) is -3.73. The number of sulfonamides is 1. The highest BCUT2D eigenvalue weighted by Crippen LogP contribution is 2.23.